The molecule has 0 N–H and O–H groups in total. The maximum absolute atomic E-state index is 12.9. The molecule has 1 amide bonds. The molecule has 1 heterocycles. The number of rotatable bonds is 4. The van der Waals surface area contributed by atoms with E-state index in [2.05, 4.69) is 6.58 Å². The van der Waals surface area contributed by atoms with Crippen LogP contribution in [0.5, 0.6) is 0 Å². The predicted molar refractivity (Wildman–Crippen MR) is 99.2 cm³/mol. The summed E-state index contributed by atoms with van der Waals surface area (Å²) in [5, 5.41) is 0. The predicted octanol–water partition coefficient (Wildman–Crippen LogP) is 4.13. The zero-order chi connectivity index (χ0) is 18.9. The van der Waals surface area contributed by atoms with Crippen LogP contribution in [0.1, 0.15) is 29.2 Å². The Hall–Kier alpha value is -2.60. The van der Waals surface area contributed by atoms with Gasteiger partial charge in [0.05, 0.1) is 10.9 Å². The average molecular weight is 371 g/mol. The summed E-state index contributed by atoms with van der Waals surface area (Å²) in [5.74, 6) is 0. The number of benzene rings is 2. The van der Waals surface area contributed by atoms with Gasteiger partial charge in [0.1, 0.15) is 6.10 Å². The van der Waals surface area contributed by atoms with Crippen LogP contribution in [0, 0.1) is 13.8 Å². The minimum absolute atomic E-state index is 0.0562. The van der Waals surface area contributed by atoms with Gasteiger partial charge in [0.25, 0.3) is 10.0 Å². The highest BCUT2D eigenvalue weighted by atomic mass is 32.2. The van der Waals surface area contributed by atoms with E-state index in [0.717, 1.165) is 21.0 Å². The zero-order valence-corrected chi connectivity index (χ0v) is 15.6. The van der Waals surface area contributed by atoms with Crippen molar-refractivity contribution in [3.05, 3.63) is 77.9 Å². The summed E-state index contributed by atoms with van der Waals surface area (Å²) < 4.78 is 32.1. The van der Waals surface area contributed by atoms with Crippen molar-refractivity contribution < 1.29 is 17.9 Å². The summed E-state index contributed by atoms with van der Waals surface area (Å²) in [4.78, 5) is 12.6. The topological polar surface area (TPSA) is 63.7 Å². The zero-order valence-electron chi connectivity index (χ0n) is 14.8. The number of sulfonamides is 1. The van der Waals surface area contributed by atoms with Gasteiger partial charge in [-0.2, -0.15) is 4.31 Å². The molecule has 0 radical (unpaired) electrons. The summed E-state index contributed by atoms with van der Waals surface area (Å²) in [6.45, 7) is 7.56. The van der Waals surface area contributed by atoms with Crippen molar-refractivity contribution in [3.63, 3.8) is 0 Å². The second-order valence-corrected chi connectivity index (χ2v) is 8.25. The van der Waals surface area contributed by atoms with E-state index < -0.39 is 28.3 Å². The highest BCUT2D eigenvalue weighted by Crippen LogP contribution is 2.34. The first-order valence-electron chi connectivity index (χ1n) is 8.34. The van der Waals surface area contributed by atoms with Gasteiger partial charge in [-0.1, -0.05) is 53.6 Å². The van der Waals surface area contributed by atoms with Gasteiger partial charge in [0, 0.05) is 6.42 Å². The van der Waals surface area contributed by atoms with Crippen LogP contribution in [-0.4, -0.2) is 24.9 Å². The first-order valence-corrected chi connectivity index (χ1v) is 9.78. The minimum Gasteiger partial charge on any atom is -0.440 e. The van der Waals surface area contributed by atoms with Crippen molar-refractivity contribution in [2.75, 3.05) is 0 Å². The van der Waals surface area contributed by atoms with Crippen LogP contribution in [0.4, 0.5) is 4.79 Å². The van der Waals surface area contributed by atoms with E-state index in [4.69, 9.17) is 4.74 Å². The first-order chi connectivity index (χ1) is 12.3. The van der Waals surface area contributed by atoms with Crippen LogP contribution in [-0.2, 0) is 14.8 Å². The van der Waals surface area contributed by atoms with Gasteiger partial charge in [-0.05, 0) is 31.5 Å². The van der Waals surface area contributed by atoms with Gasteiger partial charge in [-0.25, -0.2) is 13.2 Å². The fraction of sp³-hybridized carbons (Fsp3) is 0.250. The number of carbonyl (C=O) groups is 1. The fourth-order valence-corrected chi connectivity index (χ4v) is 4.42. The standard InChI is InChI=1S/C20H21NO4S/c1-4-17-13-19(16-9-5-14(2)6-10-16)25-20(22)21(17)26(23,24)18-11-7-15(3)8-12-18/h4-12,17,19H,1,13H2,2-3H3. The maximum atomic E-state index is 12.9. The molecule has 0 aromatic heterocycles. The van der Waals surface area contributed by atoms with Crippen LogP contribution >= 0.6 is 0 Å². The van der Waals surface area contributed by atoms with E-state index in [-0.39, 0.29) is 4.90 Å². The highest BCUT2D eigenvalue weighted by Gasteiger charge is 2.42. The van der Waals surface area contributed by atoms with Crippen molar-refractivity contribution in [1.82, 2.24) is 4.31 Å². The molecular formula is C20H21NO4S. The lowest BCUT2D eigenvalue weighted by molar-refractivity contribution is 0.0354. The van der Waals surface area contributed by atoms with Gasteiger partial charge in [-0.3, -0.25) is 0 Å². The highest BCUT2D eigenvalue weighted by molar-refractivity contribution is 7.89. The van der Waals surface area contributed by atoms with Crippen molar-refractivity contribution in [2.24, 2.45) is 0 Å². The molecule has 0 saturated carbocycles. The van der Waals surface area contributed by atoms with Crippen molar-refractivity contribution in [2.45, 2.75) is 37.3 Å². The van der Waals surface area contributed by atoms with Crippen LogP contribution in [0.3, 0.4) is 0 Å². The van der Waals surface area contributed by atoms with Crippen LogP contribution in [0.2, 0.25) is 0 Å². The van der Waals surface area contributed by atoms with E-state index in [9.17, 15) is 13.2 Å². The molecule has 26 heavy (non-hydrogen) atoms. The molecule has 1 aliphatic heterocycles. The van der Waals surface area contributed by atoms with Crippen LogP contribution < -0.4 is 0 Å². The number of hydrogen-bond donors (Lipinski definition) is 0. The van der Waals surface area contributed by atoms with Crippen LogP contribution in [0.25, 0.3) is 0 Å². The van der Waals surface area contributed by atoms with Crippen molar-refractivity contribution in [3.8, 4) is 0 Å². The minimum atomic E-state index is -4.01. The first kappa shape index (κ1) is 18.2. The third-order valence-corrected chi connectivity index (χ3v) is 6.28. The molecule has 2 unspecified atom stereocenters. The molecule has 2 aromatic rings. The van der Waals surface area contributed by atoms with Gasteiger partial charge in [-0.15, -0.1) is 6.58 Å². The quantitative estimate of drug-likeness (QED) is 0.758. The normalized spacial score (nSPS) is 20.5. The fourth-order valence-electron chi connectivity index (χ4n) is 2.95. The average Bonchev–Trinajstić information content (AvgIpc) is 2.61. The second-order valence-electron chi connectivity index (χ2n) is 6.44. The molecule has 136 valence electrons. The molecule has 0 spiro atoms. The summed E-state index contributed by atoms with van der Waals surface area (Å²) in [6, 6.07) is 13.3. The number of ether oxygens (including phenoxy) is 1. The van der Waals surface area contributed by atoms with Gasteiger partial charge in [0.15, 0.2) is 0 Å². The molecule has 0 aliphatic carbocycles. The second kappa shape index (κ2) is 6.96. The molecule has 1 aliphatic rings. The molecule has 1 fully saturated rings. The molecule has 2 aromatic carbocycles. The van der Waals surface area contributed by atoms with E-state index in [1.54, 1.807) is 12.1 Å². The van der Waals surface area contributed by atoms with Crippen molar-refractivity contribution >= 4 is 16.1 Å². The number of aryl methyl sites for hydroxylation is 2. The summed E-state index contributed by atoms with van der Waals surface area (Å²) >= 11 is 0. The Bertz CT molecular complexity index is 917. The Morgan fingerprint density at radius 2 is 1.58 bits per heavy atom. The Kier molecular flexibility index (Phi) is 4.87. The Balaban J connectivity index is 1.92. The molecule has 5 nitrogen and oxygen atoms in total. The lowest BCUT2D eigenvalue weighted by atomic mass is 10.00. The largest absolute Gasteiger partial charge is 0.440 e. The number of carbonyl (C=O) groups excluding carboxylic acids is 1. The molecule has 3 rings (SSSR count). The Morgan fingerprint density at radius 3 is 2.12 bits per heavy atom. The Morgan fingerprint density at radius 1 is 1.04 bits per heavy atom. The van der Waals surface area contributed by atoms with Crippen LogP contribution in [0.15, 0.2) is 66.1 Å². The monoisotopic (exact) mass is 371 g/mol. The molecular weight excluding hydrogens is 350 g/mol. The summed E-state index contributed by atoms with van der Waals surface area (Å²) in [6.07, 6.45) is 0.416. The molecule has 2 atom stereocenters. The Labute approximate surface area is 154 Å². The third-order valence-electron chi connectivity index (χ3n) is 4.48. The molecule has 1 saturated heterocycles. The number of cyclic esters (lactones) is 1. The smallest absolute Gasteiger partial charge is 0.425 e. The summed E-state index contributed by atoms with van der Waals surface area (Å²) in [5.41, 5.74) is 2.87. The van der Waals surface area contributed by atoms with Crippen molar-refractivity contribution in [1.29, 1.82) is 0 Å². The lowest BCUT2D eigenvalue weighted by Crippen LogP contribution is -2.48. The van der Waals surface area contributed by atoms with Gasteiger partial charge < -0.3 is 4.74 Å². The van der Waals surface area contributed by atoms with Gasteiger partial charge >= 0.3 is 6.09 Å². The van der Waals surface area contributed by atoms with E-state index in [1.165, 1.54) is 18.2 Å². The van der Waals surface area contributed by atoms with E-state index in [0.29, 0.717) is 6.42 Å². The molecule has 6 heteroatoms. The number of nitrogens with zero attached hydrogens (tertiary/aromatic N) is 1. The maximum Gasteiger partial charge on any atom is 0.425 e. The number of hydrogen-bond acceptors (Lipinski definition) is 4. The number of amides is 1. The lowest BCUT2D eigenvalue weighted by Gasteiger charge is -2.36. The van der Waals surface area contributed by atoms with E-state index >= 15 is 0 Å². The third kappa shape index (κ3) is 3.37. The van der Waals surface area contributed by atoms with E-state index in [1.807, 2.05) is 38.1 Å². The summed E-state index contributed by atoms with van der Waals surface area (Å²) in [7, 11) is -4.01. The van der Waals surface area contributed by atoms with Gasteiger partial charge in [0.2, 0.25) is 0 Å². The SMILES string of the molecule is C=CC1CC(c2ccc(C)cc2)OC(=O)N1S(=O)(=O)c1ccc(C)cc1. The molecule has 0 bridgehead atoms.